The molecule has 132 valence electrons. The molecule has 2 aliphatic heterocycles. The summed E-state index contributed by atoms with van der Waals surface area (Å²) in [5.74, 6) is 0.574. The summed E-state index contributed by atoms with van der Waals surface area (Å²) in [5, 5.41) is 3.57. The molecule has 1 N–H and O–H groups in total. The Balaban J connectivity index is 0.00000208. The number of hydrogen-bond acceptors (Lipinski definition) is 4. The van der Waals surface area contributed by atoms with Gasteiger partial charge in [0.1, 0.15) is 5.75 Å². The number of amides is 1. The lowest BCUT2D eigenvalue weighted by Gasteiger charge is -2.27. The normalized spacial score (nSPS) is 23.8. The molecular weight excluding hydrogens is 328 g/mol. The molecule has 2 fully saturated rings. The average molecular weight is 353 g/mol. The van der Waals surface area contributed by atoms with E-state index < -0.39 is 6.10 Å². The van der Waals surface area contributed by atoms with Crippen molar-refractivity contribution >= 4 is 24.1 Å². The maximum Gasteiger partial charge on any atom is 0.263 e. The van der Waals surface area contributed by atoms with Crippen LogP contribution >= 0.6 is 12.4 Å². The molecular formula is C18H25ClN2O3. The lowest BCUT2D eigenvalue weighted by molar-refractivity contribution is -0.138. The van der Waals surface area contributed by atoms with Gasteiger partial charge in [0.05, 0.1) is 0 Å². The van der Waals surface area contributed by atoms with Gasteiger partial charge in [-0.1, -0.05) is 12.1 Å². The highest BCUT2D eigenvalue weighted by Gasteiger charge is 2.33. The molecule has 3 rings (SSSR count). The molecule has 1 amide bonds. The summed E-state index contributed by atoms with van der Waals surface area (Å²) in [4.78, 5) is 26.0. The van der Waals surface area contributed by atoms with Crippen molar-refractivity contribution in [2.24, 2.45) is 0 Å². The fourth-order valence-electron chi connectivity index (χ4n) is 3.44. The van der Waals surface area contributed by atoms with Gasteiger partial charge in [0.15, 0.2) is 11.9 Å². The molecule has 5 nitrogen and oxygen atoms in total. The SMILES string of the molecule is CC(=O)c1cccc(OC(C)C(=O)N2CCC3CCC(C2)N3)c1.Cl. The molecule has 3 atom stereocenters. The Kier molecular flexibility index (Phi) is 6.24. The number of ketones is 1. The van der Waals surface area contributed by atoms with E-state index in [0.717, 1.165) is 25.9 Å². The Morgan fingerprint density at radius 2 is 2.00 bits per heavy atom. The number of benzene rings is 1. The van der Waals surface area contributed by atoms with Crippen LogP contribution < -0.4 is 10.1 Å². The Morgan fingerprint density at radius 3 is 2.75 bits per heavy atom. The van der Waals surface area contributed by atoms with Gasteiger partial charge in [0.2, 0.25) is 0 Å². The number of Topliss-reactive ketones (excluding diaryl/α,β-unsaturated/α-hetero) is 1. The number of carbonyl (C=O) groups excluding carboxylic acids is 2. The van der Waals surface area contributed by atoms with Crippen molar-refractivity contribution in [3.05, 3.63) is 29.8 Å². The summed E-state index contributed by atoms with van der Waals surface area (Å²) in [7, 11) is 0. The lowest BCUT2D eigenvalue weighted by Crippen LogP contribution is -2.44. The van der Waals surface area contributed by atoms with Crippen LogP contribution in [0.3, 0.4) is 0 Å². The maximum atomic E-state index is 12.7. The van der Waals surface area contributed by atoms with E-state index in [2.05, 4.69) is 5.32 Å². The van der Waals surface area contributed by atoms with E-state index in [1.807, 2.05) is 4.90 Å². The molecule has 2 heterocycles. The van der Waals surface area contributed by atoms with E-state index in [4.69, 9.17) is 4.74 Å². The molecule has 0 aromatic heterocycles. The molecule has 0 saturated carbocycles. The molecule has 2 saturated heterocycles. The standard InChI is InChI=1S/C18H24N2O3.ClH/c1-12(21)14-4-3-5-17(10-14)23-13(2)18(22)20-9-8-15-6-7-16(11-20)19-15;/h3-5,10,13,15-16,19H,6-9,11H2,1-2H3;1H. The number of nitrogens with zero attached hydrogens (tertiary/aromatic N) is 1. The molecule has 2 bridgehead atoms. The van der Waals surface area contributed by atoms with Crippen molar-refractivity contribution in [1.29, 1.82) is 0 Å². The molecule has 1 aromatic rings. The first-order valence-corrected chi connectivity index (χ1v) is 8.35. The van der Waals surface area contributed by atoms with Crippen LogP contribution in [-0.2, 0) is 4.79 Å². The zero-order valence-corrected chi connectivity index (χ0v) is 15.0. The predicted molar refractivity (Wildman–Crippen MR) is 94.9 cm³/mol. The van der Waals surface area contributed by atoms with Gasteiger partial charge in [0, 0.05) is 30.7 Å². The van der Waals surface area contributed by atoms with Gasteiger partial charge in [-0.25, -0.2) is 0 Å². The number of fused-ring (bicyclic) bond motifs is 2. The van der Waals surface area contributed by atoms with Crippen molar-refractivity contribution in [1.82, 2.24) is 10.2 Å². The predicted octanol–water partition coefficient (Wildman–Crippen LogP) is 2.43. The number of ether oxygens (including phenoxy) is 1. The third-order valence-corrected chi connectivity index (χ3v) is 4.74. The van der Waals surface area contributed by atoms with Gasteiger partial charge in [0.25, 0.3) is 5.91 Å². The molecule has 1 aromatic carbocycles. The fraction of sp³-hybridized carbons (Fsp3) is 0.556. The molecule has 24 heavy (non-hydrogen) atoms. The second-order valence-electron chi connectivity index (χ2n) is 6.55. The number of rotatable bonds is 4. The largest absolute Gasteiger partial charge is 0.481 e. The summed E-state index contributed by atoms with van der Waals surface area (Å²) in [6.45, 7) is 4.84. The number of likely N-dealkylation sites (tertiary alicyclic amines) is 1. The number of hydrogen-bond donors (Lipinski definition) is 1. The first kappa shape index (κ1) is 18.7. The van der Waals surface area contributed by atoms with E-state index in [-0.39, 0.29) is 24.1 Å². The highest BCUT2D eigenvalue weighted by Crippen LogP contribution is 2.22. The maximum absolute atomic E-state index is 12.7. The van der Waals surface area contributed by atoms with E-state index in [0.29, 0.717) is 23.4 Å². The van der Waals surface area contributed by atoms with Crippen LogP contribution in [0.4, 0.5) is 0 Å². The minimum absolute atomic E-state index is 0. The monoisotopic (exact) mass is 352 g/mol. The smallest absolute Gasteiger partial charge is 0.263 e. The summed E-state index contributed by atoms with van der Waals surface area (Å²) in [5.41, 5.74) is 0.596. The van der Waals surface area contributed by atoms with Crippen molar-refractivity contribution in [2.45, 2.75) is 51.3 Å². The molecule has 3 unspecified atom stereocenters. The number of nitrogens with one attached hydrogen (secondary N) is 1. The van der Waals surface area contributed by atoms with Gasteiger partial charge < -0.3 is 15.0 Å². The molecule has 0 spiro atoms. The molecule has 0 radical (unpaired) electrons. The van der Waals surface area contributed by atoms with Gasteiger partial charge in [-0.3, -0.25) is 9.59 Å². The Bertz CT molecular complexity index is 608. The van der Waals surface area contributed by atoms with Crippen molar-refractivity contribution in [2.75, 3.05) is 13.1 Å². The van der Waals surface area contributed by atoms with Gasteiger partial charge >= 0.3 is 0 Å². The zero-order chi connectivity index (χ0) is 16.4. The second-order valence-corrected chi connectivity index (χ2v) is 6.55. The van der Waals surface area contributed by atoms with Gasteiger partial charge in [-0.2, -0.15) is 0 Å². The summed E-state index contributed by atoms with van der Waals surface area (Å²) in [6, 6.07) is 7.97. The van der Waals surface area contributed by atoms with Crippen LogP contribution in [0.25, 0.3) is 0 Å². The highest BCUT2D eigenvalue weighted by molar-refractivity contribution is 5.94. The Labute approximate surface area is 149 Å². The Hall–Kier alpha value is -1.59. The average Bonchev–Trinajstić information content (AvgIpc) is 2.86. The topological polar surface area (TPSA) is 58.6 Å². The molecule has 6 heteroatoms. The molecule has 2 aliphatic rings. The molecule has 0 aliphatic carbocycles. The highest BCUT2D eigenvalue weighted by atomic mass is 35.5. The quantitative estimate of drug-likeness (QED) is 0.845. The third-order valence-electron chi connectivity index (χ3n) is 4.74. The minimum Gasteiger partial charge on any atom is -0.481 e. The van der Waals surface area contributed by atoms with Crippen LogP contribution in [0, 0.1) is 0 Å². The van der Waals surface area contributed by atoms with Crippen molar-refractivity contribution in [3.8, 4) is 5.75 Å². The zero-order valence-electron chi connectivity index (χ0n) is 14.2. The number of halogens is 1. The van der Waals surface area contributed by atoms with Crippen LogP contribution in [0.2, 0.25) is 0 Å². The Morgan fingerprint density at radius 1 is 1.25 bits per heavy atom. The van der Waals surface area contributed by atoms with Crippen molar-refractivity contribution in [3.63, 3.8) is 0 Å². The van der Waals surface area contributed by atoms with Crippen LogP contribution in [0.1, 0.15) is 43.5 Å². The van der Waals surface area contributed by atoms with Gasteiger partial charge in [-0.05, 0) is 45.2 Å². The minimum atomic E-state index is -0.547. The van der Waals surface area contributed by atoms with Crippen LogP contribution in [-0.4, -0.2) is 47.9 Å². The second kappa shape index (κ2) is 7.99. The van der Waals surface area contributed by atoms with E-state index >= 15 is 0 Å². The first-order chi connectivity index (χ1) is 11.0. The summed E-state index contributed by atoms with van der Waals surface area (Å²) >= 11 is 0. The summed E-state index contributed by atoms with van der Waals surface area (Å²) in [6.07, 6.45) is 2.82. The first-order valence-electron chi connectivity index (χ1n) is 8.35. The van der Waals surface area contributed by atoms with E-state index in [1.165, 1.54) is 13.3 Å². The fourth-order valence-corrected chi connectivity index (χ4v) is 3.44. The summed E-state index contributed by atoms with van der Waals surface area (Å²) < 4.78 is 5.78. The van der Waals surface area contributed by atoms with E-state index in [1.54, 1.807) is 31.2 Å². The van der Waals surface area contributed by atoms with Gasteiger partial charge in [-0.15, -0.1) is 12.4 Å². The lowest BCUT2D eigenvalue weighted by atomic mass is 10.1. The van der Waals surface area contributed by atoms with E-state index in [9.17, 15) is 9.59 Å². The van der Waals surface area contributed by atoms with Crippen LogP contribution in [0.5, 0.6) is 5.75 Å². The number of carbonyl (C=O) groups is 2. The third kappa shape index (κ3) is 4.28. The van der Waals surface area contributed by atoms with Crippen molar-refractivity contribution < 1.29 is 14.3 Å². The van der Waals surface area contributed by atoms with Crippen LogP contribution in [0.15, 0.2) is 24.3 Å².